The lowest BCUT2D eigenvalue weighted by Crippen LogP contribution is -2.10. The van der Waals surface area contributed by atoms with Crippen LogP contribution in [0.4, 0.5) is 0 Å². The zero-order valence-electron chi connectivity index (χ0n) is 13.6. The smallest absolute Gasteiger partial charge is 0.362 e. The number of hydrogen-bond donors (Lipinski definition) is 0. The largest absolute Gasteiger partial charge is 0.494 e. The van der Waals surface area contributed by atoms with Gasteiger partial charge in [-0.05, 0) is 42.8 Å². The van der Waals surface area contributed by atoms with Crippen LogP contribution in [0.15, 0.2) is 60.7 Å². The molecule has 4 heteroatoms. The van der Waals surface area contributed by atoms with Gasteiger partial charge in [0, 0.05) is 5.39 Å². The highest BCUT2D eigenvalue weighted by atomic mass is 16.5. The number of fused-ring (bicyclic) bond motifs is 1. The Morgan fingerprint density at radius 2 is 1.71 bits per heavy atom. The van der Waals surface area contributed by atoms with Gasteiger partial charge < -0.3 is 9.47 Å². The quantitative estimate of drug-likeness (QED) is 0.377. The molecule has 0 N–H and O–H groups in total. The van der Waals surface area contributed by atoms with E-state index in [0.29, 0.717) is 12.4 Å². The molecule has 0 amide bonds. The van der Waals surface area contributed by atoms with E-state index < -0.39 is 5.97 Å². The summed E-state index contributed by atoms with van der Waals surface area (Å²) in [6.45, 7) is 2.81. The second-order valence-electron chi connectivity index (χ2n) is 5.45. The number of unbranched alkanes of at least 4 members (excludes halogenated alkanes) is 1. The molecule has 0 unspecified atom stereocenters. The van der Waals surface area contributed by atoms with E-state index in [1.807, 2.05) is 30.3 Å². The van der Waals surface area contributed by atoms with Crippen LogP contribution in [0.5, 0.6) is 11.5 Å². The summed E-state index contributed by atoms with van der Waals surface area (Å²) in [6.07, 6.45) is 2.11. The Balaban J connectivity index is 1.67. The van der Waals surface area contributed by atoms with Crippen LogP contribution in [-0.4, -0.2) is 17.6 Å². The van der Waals surface area contributed by atoms with Crippen molar-refractivity contribution in [1.29, 1.82) is 0 Å². The summed E-state index contributed by atoms with van der Waals surface area (Å²) in [4.78, 5) is 16.6. The van der Waals surface area contributed by atoms with Gasteiger partial charge >= 0.3 is 5.97 Å². The third-order valence-electron chi connectivity index (χ3n) is 3.61. The van der Waals surface area contributed by atoms with Crippen molar-refractivity contribution in [2.45, 2.75) is 19.8 Å². The fourth-order valence-electron chi connectivity index (χ4n) is 2.28. The minimum atomic E-state index is -0.472. The normalized spacial score (nSPS) is 10.5. The van der Waals surface area contributed by atoms with Crippen molar-refractivity contribution < 1.29 is 14.3 Å². The van der Waals surface area contributed by atoms with E-state index in [0.717, 1.165) is 29.5 Å². The van der Waals surface area contributed by atoms with E-state index in [-0.39, 0.29) is 5.69 Å². The molecule has 3 rings (SSSR count). The van der Waals surface area contributed by atoms with E-state index in [1.54, 1.807) is 30.3 Å². The fourth-order valence-corrected chi connectivity index (χ4v) is 2.28. The SMILES string of the molecule is CCCCOc1ccc(OC(=O)c2ccc3ccccc3n2)cc1. The zero-order chi connectivity index (χ0) is 16.8. The maximum Gasteiger partial charge on any atom is 0.362 e. The second-order valence-corrected chi connectivity index (χ2v) is 5.45. The van der Waals surface area contributed by atoms with Crippen LogP contribution in [0.2, 0.25) is 0 Å². The molecule has 3 aromatic rings. The number of rotatable bonds is 6. The maximum atomic E-state index is 12.2. The molecule has 0 saturated heterocycles. The third kappa shape index (κ3) is 3.90. The number of pyridine rings is 1. The molecule has 0 bridgehead atoms. The summed E-state index contributed by atoms with van der Waals surface area (Å²) in [6, 6.07) is 18.2. The van der Waals surface area contributed by atoms with Crippen LogP contribution in [0, 0.1) is 0 Å². The van der Waals surface area contributed by atoms with Crippen LogP contribution in [-0.2, 0) is 0 Å². The van der Waals surface area contributed by atoms with E-state index in [4.69, 9.17) is 9.47 Å². The summed E-state index contributed by atoms with van der Waals surface area (Å²) in [5.74, 6) is 0.769. The number of carbonyl (C=O) groups excluding carboxylic acids is 1. The summed E-state index contributed by atoms with van der Waals surface area (Å²) in [7, 11) is 0. The maximum absolute atomic E-state index is 12.2. The average Bonchev–Trinajstić information content (AvgIpc) is 2.63. The lowest BCUT2D eigenvalue weighted by atomic mass is 10.2. The van der Waals surface area contributed by atoms with Gasteiger partial charge in [0.25, 0.3) is 0 Å². The lowest BCUT2D eigenvalue weighted by Gasteiger charge is -2.07. The molecule has 4 nitrogen and oxygen atoms in total. The minimum absolute atomic E-state index is 0.289. The Hall–Kier alpha value is -2.88. The first-order valence-corrected chi connectivity index (χ1v) is 8.07. The van der Waals surface area contributed by atoms with Crippen LogP contribution >= 0.6 is 0 Å². The number of benzene rings is 2. The molecule has 0 saturated carbocycles. The number of para-hydroxylation sites is 1. The monoisotopic (exact) mass is 321 g/mol. The third-order valence-corrected chi connectivity index (χ3v) is 3.61. The van der Waals surface area contributed by atoms with Crippen molar-refractivity contribution in [3.05, 3.63) is 66.4 Å². The Morgan fingerprint density at radius 1 is 0.958 bits per heavy atom. The number of aromatic nitrogens is 1. The van der Waals surface area contributed by atoms with Crippen molar-refractivity contribution in [1.82, 2.24) is 4.98 Å². The van der Waals surface area contributed by atoms with Gasteiger partial charge in [0.1, 0.15) is 17.2 Å². The van der Waals surface area contributed by atoms with Crippen LogP contribution < -0.4 is 9.47 Å². The number of esters is 1. The van der Waals surface area contributed by atoms with Crippen molar-refractivity contribution in [2.75, 3.05) is 6.61 Å². The van der Waals surface area contributed by atoms with Crippen LogP contribution in [0.25, 0.3) is 10.9 Å². The molecular weight excluding hydrogens is 302 g/mol. The van der Waals surface area contributed by atoms with E-state index >= 15 is 0 Å². The fraction of sp³-hybridized carbons (Fsp3) is 0.200. The number of ether oxygens (including phenoxy) is 2. The molecule has 0 radical (unpaired) electrons. The zero-order valence-corrected chi connectivity index (χ0v) is 13.6. The lowest BCUT2D eigenvalue weighted by molar-refractivity contribution is 0.0729. The Labute approximate surface area is 141 Å². The van der Waals surface area contributed by atoms with Gasteiger partial charge in [-0.25, -0.2) is 9.78 Å². The molecule has 0 spiro atoms. The van der Waals surface area contributed by atoms with Gasteiger partial charge in [-0.15, -0.1) is 0 Å². The molecule has 2 aromatic carbocycles. The Morgan fingerprint density at radius 3 is 2.50 bits per heavy atom. The molecule has 0 aliphatic rings. The summed E-state index contributed by atoms with van der Waals surface area (Å²) in [5, 5.41) is 0.989. The molecular formula is C20H19NO3. The first kappa shape index (κ1) is 16.0. The summed E-state index contributed by atoms with van der Waals surface area (Å²) < 4.78 is 11.0. The predicted octanol–water partition coefficient (Wildman–Crippen LogP) is 4.63. The van der Waals surface area contributed by atoms with Gasteiger partial charge in [0.15, 0.2) is 0 Å². The first-order valence-electron chi connectivity index (χ1n) is 8.07. The highest BCUT2D eigenvalue weighted by Crippen LogP contribution is 2.19. The van der Waals surface area contributed by atoms with Gasteiger partial charge in [0.2, 0.25) is 0 Å². The highest BCUT2D eigenvalue weighted by Gasteiger charge is 2.11. The van der Waals surface area contributed by atoms with Crippen LogP contribution in [0.1, 0.15) is 30.3 Å². The number of nitrogens with zero attached hydrogens (tertiary/aromatic N) is 1. The number of carbonyl (C=O) groups is 1. The second kappa shape index (κ2) is 7.59. The van der Waals surface area contributed by atoms with E-state index in [1.165, 1.54) is 0 Å². The molecule has 122 valence electrons. The minimum Gasteiger partial charge on any atom is -0.494 e. The Kier molecular flexibility index (Phi) is 5.06. The molecule has 0 aliphatic heterocycles. The van der Waals surface area contributed by atoms with Crippen molar-refractivity contribution in [3.63, 3.8) is 0 Å². The summed E-state index contributed by atoms with van der Waals surface area (Å²) >= 11 is 0. The van der Waals surface area contributed by atoms with Gasteiger partial charge in [0.05, 0.1) is 12.1 Å². The molecule has 1 heterocycles. The van der Waals surface area contributed by atoms with Crippen LogP contribution in [0.3, 0.4) is 0 Å². The standard InChI is InChI=1S/C20H19NO3/c1-2-3-14-23-16-9-11-17(12-10-16)24-20(22)19-13-8-15-6-4-5-7-18(15)21-19/h4-13H,2-3,14H2,1H3. The molecule has 0 aliphatic carbocycles. The first-order chi connectivity index (χ1) is 11.8. The van der Waals surface area contributed by atoms with Crippen molar-refractivity contribution >= 4 is 16.9 Å². The number of hydrogen-bond acceptors (Lipinski definition) is 4. The molecule has 1 aromatic heterocycles. The molecule has 24 heavy (non-hydrogen) atoms. The van der Waals surface area contributed by atoms with E-state index in [2.05, 4.69) is 11.9 Å². The topological polar surface area (TPSA) is 48.4 Å². The van der Waals surface area contributed by atoms with E-state index in [9.17, 15) is 4.79 Å². The van der Waals surface area contributed by atoms with Gasteiger partial charge in [-0.2, -0.15) is 0 Å². The molecule has 0 atom stereocenters. The van der Waals surface area contributed by atoms with Gasteiger partial charge in [-0.3, -0.25) is 0 Å². The summed E-state index contributed by atoms with van der Waals surface area (Å²) in [5.41, 5.74) is 1.06. The van der Waals surface area contributed by atoms with Crippen molar-refractivity contribution in [3.8, 4) is 11.5 Å². The molecule has 0 fully saturated rings. The van der Waals surface area contributed by atoms with Crippen molar-refractivity contribution in [2.24, 2.45) is 0 Å². The Bertz CT molecular complexity index is 828. The highest BCUT2D eigenvalue weighted by molar-refractivity contribution is 5.92. The average molecular weight is 321 g/mol. The predicted molar refractivity (Wildman–Crippen MR) is 93.5 cm³/mol. The van der Waals surface area contributed by atoms with Gasteiger partial charge in [-0.1, -0.05) is 37.6 Å².